The lowest BCUT2D eigenvalue weighted by atomic mass is 10.2. The lowest BCUT2D eigenvalue weighted by molar-refractivity contribution is -0.124. The topological polar surface area (TPSA) is 66.5 Å². The second kappa shape index (κ2) is 8.62. The normalized spacial score (nSPS) is 20.2. The van der Waals surface area contributed by atoms with Gasteiger partial charge in [0.1, 0.15) is 6.04 Å². The Kier molecular flexibility index (Phi) is 7.51. The van der Waals surface area contributed by atoms with Crippen LogP contribution in [0, 0.1) is 0 Å². The maximum absolute atomic E-state index is 12.1. The molecule has 1 aliphatic heterocycles. The monoisotopic (exact) mass is 304 g/mol. The fraction of sp³-hybridized carbons (Fsp3) is 0.929. The van der Waals surface area contributed by atoms with E-state index in [9.17, 15) is 13.2 Å². The number of sulfonamides is 1. The van der Waals surface area contributed by atoms with Crippen molar-refractivity contribution >= 4 is 15.9 Å². The second-order valence-electron chi connectivity index (χ2n) is 5.44. The zero-order valence-electron chi connectivity index (χ0n) is 12.7. The summed E-state index contributed by atoms with van der Waals surface area (Å²) in [6.07, 6.45) is 6.42. The number of amides is 1. The molecule has 118 valence electrons. The molecule has 0 aromatic carbocycles. The molecule has 1 atom stereocenters. The highest BCUT2D eigenvalue weighted by Crippen LogP contribution is 2.22. The van der Waals surface area contributed by atoms with Gasteiger partial charge in [-0.25, -0.2) is 8.42 Å². The van der Waals surface area contributed by atoms with Crippen LogP contribution in [-0.2, 0) is 14.8 Å². The number of nitrogens with zero attached hydrogens (tertiary/aromatic N) is 1. The summed E-state index contributed by atoms with van der Waals surface area (Å²) in [6, 6.07) is -0.488. The van der Waals surface area contributed by atoms with Crippen LogP contribution in [0.15, 0.2) is 0 Å². The molecule has 0 bridgehead atoms. The third-order valence-corrected chi connectivity index (χ3v) is 5.73. The Morgan fingerprint density at radius 2 is 1.95 bits per heavy atom. The fourth-order valence-electron chi connectivity index (χ4n) is 2.59. The van der Waals surface area contributed by atoms with Gasteiger partial charge < -0.3 is 5.32 Å². The van der Waals surface area contributed by atoms with Crippen LogP contribution in [0.4, 0.5) is 0 Å². The molecule has 6 heteroatoms. The Labute approximate surface area is 123 Å². The fourth-order valence-corrected chi connectivity index (χ4v) is 4.34. The van der Waals surface area contributed by atoms with Crippen molar-refractivity contribution in [3.8, 4) is 0 Å². The van der Waals surface area contributed by atoms with Crippen LogP contribution in [0.1, 0.15) is 58.8 Å². The van der Waals surface area contributed by atoms with E-state index in [1.165, 1.54) is 17.1 Å². The van der Waals surface area contributed by atoms with Crippen LogP contribution in [0.25, 0.3) is 0 Å². The first-order valence-electron chi connectivity index (χ1n) is 7.80. The highest BCUT2D eigenvalue weighted by Gasteiger charge is 2.37. The summed E-state index contributed by atoms with van der Waals surface area (Å²) in [5.41, 5.74) is 0. The minimum Gasteiger partial charge on any atom is -0.355 e. The van der Waals surface area contributed by atoms with Gasteiger partial charge >= 0.3 is 0 Å². The van der Waals surface area contributed by atoms with E-state index in [4.69, 9.17) is 0 Å². The number of nitrogens with one attached hydrogen (secondary N) is 1. The molecule has 0 aliphatic carbocycles. The van der Waals surface area contributed by atoms with Crippen molar-refractivity contribution in [3.63, 3.8) is 0 Å². The largest absolute Gasteiger partial charge is 0.355 e. The lowest BCUT2D eigenvalue weighted by Gasteiger charge is -2.23. The van der Waals surface area contributed by atoms with Gasteiger partial charge in [-0.05, 0) is 25.7 Å². The van der Waals surface area contributed by atoms with E-state index in [0.717, 1.165) is 19.3 Å². The minimum absolute atomic E-state index is 0.126. The van der Waals surface area contributed by atoms with E-state index >= 15 is 0 Å². The number of hydrogen-bond acceptors (Lipinski definition) is 3. The van der Waals surface area contributed by atoms with E-state index in [1.807, 2.05) is 6.92 Å². The molecule has 1 N–H and O–H groups in total. The number of carbonyl (C=O) groups excluding carboxylic acids is 1. The van der Waals surface area contributed by atoms with Gasteiger partial charge in [0.05, 0.1) is 5.75 Å². The average molecular weight is 304 g/mol. The molecule has 0 aromatic rings. The van der Waals surface area contributed by atoms with E-state index in [-0.39, 0.29) is 11.7 Å². The summed E-state index contributed by atoms with van der Waals surface area (Å²) < 4.78 is 25.6. The van der Waals surface area contributed by atoms with E-state index in [1.54, 1.807) is 0 Å². The Bertz CT molecular complexity index is 395. The molecular formula is C14H28N2O3S. The predicted molar refractivity (Wildman–Crippen MR) is 81.0 cm³/mol. The Balaban J connectivity index is 2.46. The van der Waals surface area contributed by atoms with Gasteiger partial charge in [-0.15, -0.1) is 0 Å². The summed E-state index contributed by atoms with van der Waals surface area (Å²) in [5, 5.41) is 2.88. The quantitative estimate of drug-likeness (QED) is 0.661. The number of carbonyl (C=O) groups is 1. The summed E-state index contributed by atoms with van der Waals surface area (Å²) in [4.78, 5) is 12.1. The van der Waals surface area contributed by atoms with Crippen LogP contribution in [0.2, 0.25) is 0 Å². The Hall–Kier alpha value is -0.620. The van der Waals surface area contributed by atoms with Crippen molar-refractivity contribution in [2.75, 3.05) is 18.8 Å². The Morgan fingerprint density at radius 3 is 2.60 bits per heavy atom. The van der Waals surface area contributed by atoms with Gasteiger partial charge in [0.25, 0.3) is 0 Å². The molecule has 0 radical (unpaired) electrons. The van der Waals surface area contributed by atoms with Crippen LogP contribution in [-0.4, -0.2) is 43.5 Å². The highest BCUT2D eigenvalue weighted by atomic mass is 32.2. The van der Waals surface area contributed by atoms with E-state index in [0.29, 0.717) is 25.9 Å². The van der Waals surface area contributed by atoms with Gasteiger partial charge in [-0.3, -0.25) is 4.79 Å². The van der Waals surface area contributed by atoms with Crippen LogP contribution in [0.3, 0.4) is 0 Å². The third kappa shape index (κ3) is 5.05. The molecule has 5 nitrogen and oxygen atoms in total. The molecule has 1 heterocycles. The number of hydrogen-bond donors (Lipinski definition) is 1. The lowest BCUT2D eigenvalue weighted by Crippen LogP contribution is -2.46. The maximum Gasteiger partial charge on any atom is 0.238 e. The molecule has 1 rings (SSSR count). The van der Waals surface area contributed by atoms with Crippen LogP contribution >= 0.6 is 0 Å². The molecular weight excluding hydrogens is 276 g/mol. The SMILES string of the molecule is CCCCCCNC(=O)C1CCCN1S(=O)(=O)CCC. The van der Waals surface area contributed by atoms with Gasteiger partial charge in [-0.1, -0.05) is 33.1 Å². The first kappa shape index (κ1) is 17.4. The number of unbranched alkanes of at least 4 members (excludes halogenated alkanes) is 3. The average Bonchev–Trinajstić information content (AvgIpc) is 2.88. The molecule has 1 saturated heterocycles. The molecule has 1 fully saturated rings. The van der Waals surface area contributed by atoms with Gasteiger partial charge in [-0.2, -0.15) is 4.31 Å². The Morgan fingerprint density at radius 1 is 1.20 bits per heavy atom. The molecule has 0 spiro atoms. The van der Waals surface area contributed by atoms with Gasteiger partial charge in [0.15, 0.2) is 0 Å². The van der Waals surface area contributed by atoms with Crippen LogP contribution in [0.5, 0.6) is 0 Å². The first-order valence-corrected chi connectivity index (χ1v) is 9.41. The molecule has 20 heavy (non-hydrogen) atoms. The van der Waals surface area contributed by atoms with Crippen LogP contribution < -0.4 is 5.32 Å². The minimum atomic E-state index is -3.27. The van der Waals surface area contributed by atoms with Gasteiger partial charge in [0, 0.05) is 13.1 Å². The summed E-state index contributed by atoms with van der Waals surface area (Å²) in [5.74, 6) is 0.00600. The summed E-state index contributed by atoms with van der Waals surface area (Å²) in [6.45, 7) is 5.12. The maximum atomic E-state index is 12.1. The van der Waals surface area contributed by atoms with Gasteiger partial charge in [0.2, 0.25) is 15.9 Å². The van der Waals surface area contributed by atoms with Crippen molar-refractivity contribution in [1.82, 2.24) is 9.62 Å². The zero-order valence-corrected chi connectivity index (χ0v) is 13.5. The van der Waals surface area contributed by atoms with Crippen molar-refractivity contribution < 1.29 is 13.2 Å². The molecule has 0 saturated carbocycles. The summed E-state index contributed by atoms with van der Waals surface area (Å²) in [7, 11) is -3.27. The molecule has 0 aromatic heterocycles. The molecule has 1 amide bonds. The predicted octanol–water partition coefficient (Wildman–Crippen LogP) is 1.89. The first-order chi connectivity index (χ1) is 9.53. The smallest absolute Gasteiger partial charge is 0.238 e. The third-order valence-electron chi connectivity index (χ3n) is 3.66. The molecule has 1 aliphatic rings. The zero-order chi connectivity index (χ0) is 15.0. The highest BCUT2D eigenvalue weighted by molar-refractivity contribution is 7.89. The standard InChI is InChI=1S/C14H28N2O3S/c1-3-5-6-7-10-15-14(17)13-9-8-11-16(13)20(18,19)12-4-2/h13H,3-12H2,1-2H3,(H,15,17). The van der Waals surface area contributed by atoms with Crippen molar-refractivity contribution in [1.29, 1.82) is 0 Å². The van der Waals surface area contributed by atoms with Crippen molar-refractivity contribution in [2.24, 2.45) is 0 Å². The van der Waals surface area contributed by atoms with Crippen molar-refractivity contribution in [2.45, 2.75) is 64.8 Å². The second-order valence-corrected chi connectivity index (χ2v) is 7.48. The summed E-state index contributed by atoms with van der Waals surface area (Å²) >= 11 is 0. The van der Waals surface area contributed by atoms with E-state index < -0.39 is 16.1 Å². The van der Waals surface area contributed by atoms with E-state index in [2.05, 4.69) is 12.2 Å². The van der Waals surface area contributed by atoms with Crippen molar-refractivity contribution in [3.05, 3.63) is 0 Å². The molecule has 1 unspecified atom stereocenters. The number of rotatable bonds is 9.